The van der Waals surface area contributed by atoms with E-state index in [2.05, 4.69) is 28.7 Å². The molecule has 2 atom stereocenters. The van der Waals surface area contributed by atoms with Gasteiger partial charge >= 0.3 is 4.87 Å². The molecule has 0 spiro atoms. The van der Waals surface area contributed by atoms with Crippen LogP contribution < -0.4 is 10.2 Å². The molecule has 0 radical (unpaired) electrons. The lowest BCUT2D eigenvalue weighted by molar-refractivity contribution is -0.122. The van der Waals surface area contributed by atoms with Crippen LogP contribution in [0.2, 0.25) is 0 Å². The third kappa shape index (κ3) is 2.86. The fourth-order valence-corrected chi connectivity index (χ4v) is 4.15. The van der Waals surface area contributed by atoms with Crippen molar-refractivity contribution in [3.8, 4) is 0 Å². The van der Waals surface area contributed by atoms with E-state index in [9.17, 15) is 9.59 Å². The molecule has 3 rings (SSSR count). The predicted octanol–water partition coefficient (Wildman–Crippen LogP) is 2.27. The quantitative estimate of drug-likeness (QED) is 0.890. The molecule has 0 aromatic carbocycles. The van der Waals surface area contributed by atoms with Crippen molar-refractivity contribution in [1.29, 1.82) is 0 Å². The van der Waals surface area contributed by atoms with Crippen molar-refractivity contribution < 1.29 is 4.79 Å². The Hall–Kier alpha value is -1.40. The number of aromatic amines is 1. The predicted molar refractivity (Wildman–Crippen MR) is 81.6 cm³/mol. The first-order chi connectivity index (χ1) is 9.65. The zero-order chi connectivity index (χ0) is 14.1. The molecular formula is C14H16N2O2S2. The van der Waals surface area contributed by atoms with Crippen molar-refractivity contribution in [3.05, 3.63) is 42.6 Å². The van der Waals surface area contributed by atoms with Crippen LogP contribution in [-0.4, -0.2) is 17.4 Å². The third-order valence-corrected chi connectivity index (χ3v) is 5.50. The maximum absolute atomic E-state index is 12.0. The second-order valence-electron chi connectivity index (χ2n) is 5.13. The zero-order valence-electron chi connectivity index (χ0n) is 11.1. The number of aromatic nitrogens is 1. The summed E-state index contributed by atoms with van der Waals surface area (Å²) in [5.41, 5.74) is 2.19. The monoisotopic (exact) mass is 308 g/mol. The van der Waals surface area contributed by atoms with E-state index in [1.54, 1.807) is 11.3 Å². The number of aryl methyl sites for hydroxylation is 1. The smallest absolute Gasteiger partial charge is 0.304 e. The Bertz CT molecular complexity index is 671. The minimum absolute atomic E-state index is 0.0400. The summed E-state index contributed by atoms with van der Waals surface area (Å²) in [6.07, 6.45) is 1.64. The van der Waals surface area contributed by atoms with Gasteiger partial charge in [0.15, 0.2) is 0 Å². The van der Waals surface area contributed by atoms with E-state index < -0.39 is 0 Å². The van der Waals surface area contributed by atoms with Crippen LogP contribution in [0.25, 0.3) is 0 Å². The summed E-state index contributed by atoms with van der Waals surface area (Å²) in [6.45, 7) is 2.68. The number of thiophene rings is 1. The Morgan fingerprint density at radius 2 is 2.35 bits per heavy atom. The minimum Gasteiger partial charge on any atom is -0.355 e. The molecular weight excluding hydrogens is 292 g/mol. The number of carbonyl (C=O) groups excluding carboxylic acids is 1. The summed E-state index contributed by atoms with van der Waals surface area (Å²) < 4.78 is 0. The molecule has 2 aromatic rings. The van der Waals surface area contributed by atoms with Crippen LogP contribution in [0.5, 0.6) is 0 Å². The van der Waals surface area contributed by atoms with E-state index >= 15 is 0 Å². The van der Waals surface area contributed by atoms with Gasteiger partial charge in [-0.2, -0.15) is 0 Å². The Morgan fingerprint density at radius 3 is 3.00 bits per heavy atom. The Balaban J connectivity index is 1.47. The Labute approximate surface area is 124 Å². The minimum atomic E-state index is -0.0400. The number of rotatable bonds is 5. The van der Waals surface area contributed by atoms with Gasteiger partial charge < -0.3 is 10.3 Å². The number of hydrogen-bond donors (Lipinski definition) is 2. The topological polar surface area (TPSA) is 62.0 Å². The van der Waals surface area contributed by atoms with Crippen LogP contribution in [0.15, 0.2) is 21.6 Å². The molecule has 1 aliphatic rings. The average molecular weight is 308 g/mol. The standard InChI is InChI=1S/C14H16N2O2S2/c1-8-3-5-19-12(8)10-6-11(10)13(17)15-4-2-9-7-20-14(18)16-9/h3,5,7,10-11H,2,4,6H2,1H3,(H,15,17)(H,16,18)/t10-,11-/m1/s1. The van der Waals surface area contributed by atoms with Gasteiger partial charge in [-0.3, -0.25) is 9.59 Å². The number of thiazole rings is 1. The molecule has 1 amide bonds. The maximum atomic E-state index is 12.0. The number of H-pyrrole nitrogens is 1. The first-order valence-electron chi connectivity index (χ1n) is 6.63. The summed E-state index contributed by atoms with van der Waals surface area (Å²) in [4.78, 5) is 27.1. The molecule has 1 saturated carbocycles. The molecule has 20 heavy (non-hydrogen) atoms. The molecule has 1 fully saturated rings. The lowest BCUT2D eigenvalue weighted by Crippen LogP contribution is -2.27. The molecule has 0 unspecified atom stereocenters. The SMILES string of the molecule is Cc1ccsc1[C@@H]1C[C@H]1C(=O)NCCc1csc(=O)[nH]1. The van der Waals surface area contributed by atoms with E-state index in [0.717, 1.165) is 23.5 Å². The fourth-order valence-electron chi connectivity index (χ4n) is 2.43. The third-order valence-electron chi connectivity index (χ3n) is 3.63. The molecule has 2 N–H and O–H groups in total. The second-order valence-corrected chi connectivity index (χ2v) is 6.92. The molecule has 2 heterocycles. The van der Waals surface area contributed by atoms with E-state index in [1.165, 1.54) is 10.4 Å². The van der Waals surface area contributed by atoms with Crippen LogP contribution in [0.3, 0.4) is 0 Å². The van der Waals surface area contributed by atoms with Gasteiger partial charge in [-0.25, -0.2) is 0 Å². The van der Waals surface area contributed by atoms with Crippen molar-refractivity contribution >= 4 is 28.6 Å². The van der Waals surface area contributed by atoms with Gasteiger partial charge in [0.25, 0.3) is 0 Å². The lowest BCUT2D eigenvalue weighted by Gasteiger charge is -2.03. The Morgan fingerprint density at radius 1 is 1.50 bits per heavy atom. The summed E-state index contributed by atoms with van der Waals surface area (Å²) in [5.74, 6) is 0.685. The molecule has 1 aliphatic carbocycles. The number of carbonyl (C=O) groups is 1. The first-order valence-corrected chi connectivity index (χ1v) is 8.39. The normalized spacial score (nSPS) is 20.9. The van der Waals surface area contributed by atoms with E-state index in [4.69, 9.17) is 0 Å². The summed E-state index contributed by atoms with van der Waals surface area (Å²) >= 11 is 2.91. The molecule has 0 aliphatic heterocycles. The van der Waals surface area contributed by atoms with Crippen molar-refractivity contribution in [1.82, 2.24) is 10.3 Å². The molecule has 4 nitrogen and oxygen atoms in total. The largest absolute Gasteiger partial charge is 0.355 e. The second kappa shape index (κ2) is 5.54. The molecule has 6 heteroatoms. The van der Waals surface area contributed by atoms with Gasteiger partial charge in [-0.05, 0) is 30.4 Å². The molecule has 0 saturated heterocycles. The number of amides is 1. The van der Waals surface area contributed by atoms with Crippen molar-refractivity contribution in [2.75, 3.05) is 6.54 Å². The van der Waals surface area contributed by atoms with Crippen LogP contribution >= 0.6 is 22.7 Å². The van der Waals surface area contributed by atoms with Crippen molar-refractivity contribution in [2.45, 2.75) is 25.7 Å². The van der Waals surface area contributed by atoms with Gasteiger partial charge in [0, 0.05) is 40.8 Å². The fraction of sp³-hybridized carbons (Fsp3) is 0.429. The maximum Gasteiger partial charge on any atom is 0.304 e. The highest BCUT2D eigenvalue weighted by Gasteiger charge is 2.45. The van der Waals surface area contributed by atoms with Gasteiger partial charge in [0.2, 0.25) is 5.91 Å². The van der Waals surface area contributed by atoms with Crippen LogP contribution in [0, 0.1) is 12.8 Å². The van der Waals surface area contributed by atoms with Crippen molar-refractivity contribution in [3.63, 3.8) is 0 Å². The van der Waals surface area contributed by atoms with E-state index in [-0.39, 0.29) is 16.7 Å². The van der Waals surface area contributed by atoms with E-state index in [1.807, 2.05) is 5.38 Å². The van der Waals surface area contributed by atoms with Gasteiger partial charge in [-0.15, -0.1) is 11.3 Å². The van der Waals surface area contributed by atoms with Crippen LogP contribution in [0.4, 0.5) is 0 Å². The molecule has 2 aromatic heterocycles. The van der Waals surface area contributed by atoms with Gasteiger partial charge in [0.05, 0.1) is 0 Å². The van der Waals surface area contributed by atoms with Gasteiger partial charge in [0.1, 0.15) is 0 Å². The number of nitrogens with one attached hydrogen (secondary N) is 2. The zero-order valence-corrected chi connectivity index (χ0v) is 12.8. The summed E-state index contributed by atoms with van der Waals surface area (Å²) in [5, 5.41) is 6.86. The highest BCUT2D eigenvalue weighted by molar-refractivity contribution is 7.10. The number of hydrogen-bond acceptors (Lipinski definition) is 4. The Kier molecular flexibility index (Phi) is 3.76. The average Bonchev–Trinajstić information content (AvgIpc) is 2.93. The van der Waals surface area contributed by atoms with Gasteiger partial charge in [-0.1, -0.05) is 11.3 Å². The van der Waals surface area contributed by atoms with E-state index in [0.29, 0.717) is 18.9 Å². The molecule has 106 valence electrons. The first kappa shape index (κ1) is 13.6. The highest BCUT2D eigenvalue weighted by Crippen LogP contribution is 2.50. The highest BCUT2D eigenvalue weighted by atomic mass is 32.1. The van der Waals surface area contributed by atoms with Crippen molar-refractivity contribution in [2.24, 2.45) is 5.92 Å². The summed E-state index contributed by atoms with van der Waals surface area (Å²) in [7, 11) is 0. The summed E-state index contributed by atoms with van der Waals surface area (Å²) in [6, 6.07) is 2.11. The lowest BCUT2D eigenvalue weighted by atomic mass is 10.2. The van der Waals surface area contributed by atoms with Crippen LogP contribution in [-0.2, 0) is 11.2 Å². The molecule has 0 bridgehead atoms. The van der Waals surface area contributed by atoms with Crippen LogP contribution in [0.1, 0.15) is 28.5 Å².